The molecule has 1 unspecified atom stereocenters. The molecule has 0 spiro atoms. The van der Waals surface area contributed by atoms with Crippen molar-refractivity contribution in [2.75, 3.05) is 20.3 Å². The van der Waals surface area contributed by atoms with E-state index in [2.05, 4.69) is 13.8 Å². The summed E-state index contributed by atoms with van der Waals surface area (Å²) in [6.45, 7) is 5.18. The molecule has 1 aromatic carbocycles. The molecule has 0 saturated heterocycles. The predicted molar refractivity (Wildman–Crippen MR) is 107 cm³/mol. The number of benzene rings is 1. The maximum atomic E-state index is 11.5. The van der Waals surface area contributed by atoms with Gasteiger partial charge >= 0.3 is 5.97 Å². The molecule has 7 heteroatoms. The quantitative estimate of drug-likeness (QED) is 0.679. The molecule has 0 aliphatic carbocycles. The Labute approximate surface area is 169 Å². The minimum absolute atomic E-state index is 0.00609. The molecular formula is C21H25ClN2O4. The highest BCUT2D eigenvalue weighted by molar-refractivity contribution is 6.32. The van der Waals surface area contributed by atoms with Crippen LogP contribution >= 0.6 is 11.6 Å². The fourth-order valence-corrected chi connectivity index (χ4v) is 3.92. The zero-order chi connectivity index (χ0) is 20.4. The first-order valence-electron chi connectivity index (χ1n) is 9.30. The number of hydrogen-bond donors (Lipinski definition) is 2. The van der Waals surface area contributed by atoms with Crippen molar-refractivity contribution in [2.24, 2.45) is 5.92 Å². The number of halogens is 1. The topological polar surface area (TPSA) is 84.5 Å². The molecule has 28 heavy (non-hydrogen) atoms. The van der Waals surface area contributed by atoms with Crippen LogP contribution in [-0.4, -0.2) is 36.0 Å². The van der Waals surface area contributed by atoms with E-state index >= 15 is 0 Å². The number of pyridine rings is 1. The van der Waals surface area contributed by atoms with E-state index in [4.69, 9.17) is 26.5 Å². The molecule has 2 N–H and O–H groups in total. The summed E-state index contributed by atoms with van der Waals surface area (Å²) < 4.78 is 12.8. The molecule has 2 heterocycles. The summed E-state index contributed by atoms with van der Waals surface area (Å²) in [6, 6.07) is 5.53. The highest BCUT2D eigenvalue weighted by Gasteiger charge is 2.27. The van der Waals surface area contributed by atoms with Crippen LogP contribution in [0.4, 0.5) is 0 Å². The predicted octanol–water partition coefficient (Wildman–Crippen LogP) is 4.15. The Morgan fingerprint density at radius 2 is 2.11 bits per heavy atom. The lowest BCUT2D eigenvalue weighted by molar-refractivity contribution is 0.0693. The van der Waals surface area contributed by atoms with E-state index in [-0.39, 0.29) is 17.0 Å². The number of methoxy groups -OCH3 is 1. The van der Waals surface area contributed by atoms with Gasteiger partial charge in [0.1, 0.15) is 17.9 Å². The lowest BCUT2D eigenvalue weighted by atomic mass is 9.88. The minimum atomic E-state index is -1.09. The summed E-state index contributed by atoms with van der Waals surface area (Å²) in [5.74, 6) is -0.0302. The van der Waals surface area contributed by atoms with Crippen LogP contribution in [0.25, 0.3) is 11.3 Å². The first-order chi connectivity index (χ1) is 13.3. The smallest absolute Gasteiger partial charge is 0.339 e. The number of carboxylic acid groups (broad SMARTS) is 1. The zero-order valence-electron chi connectivity index (χ0n) is 16.3. The Morgan fingerprint density at radius 1 is 1.36 bits per heavy atom. The number of carbonyl (C=O) groups is 1. The van der Waals surface area contributed by atoms with Gasteiger partial charge in [0.05, 0.1) is 22.7 Å². The average molecular weight is 405 g/mol. The third-order valence-electron chi connectivity index (χ3n) is 4.92. The molecule has 0 amide bonds. The van der Waals surface area contributed by atoms with Crippen LogP contribution in [-0.2, 0) is 11.2 Å². The van der Waals surface area contributed by atoms with Gasteiger partial charge in [-0.3, -0.25) is 5.41 Å². The molecule has 6 nitrogen and oxygen atoms in total. The number of nitrogens with zero attached hydrogens (tertiary/aromatic N) is 1. The van der Waals surface area contributed by atoms with E-state index in [1.165, 1.54) is 0 Å². The molecule has 1 atom stereocenters. The molecule has 3 rings (SSSR count). The van der Waals surface area contributed by atoms with Crippen LogP contribution < -0.4 is 10.1 Å². The van der Waals surface area contributed by atoms with Crippen molar-refractivity contribution in [1.29, 1.82) is 5.41 Å². The Morgan fingerprint density at radius 3 is 2.75 bits per heavy atom. The van der Waals surface area contributed by atoms with Crippen LogP contribution in [0.5, 0.6) is 5.75 Å². The van der Waals surface area contributed by atoms with E-state index in [0.29, 0.717) is 29.9 Å². The molecule has 1 aliphatic heterocycles. The highest BCUT2D eigenvalue weighted by Crippen LogP contribution is 2.41. The Bertz CT molecular complexity index is 952. The molecule has 0 fully saturated rings. The van der Waals surface area contributed by atoms with Gasteiger partial charge < -0.3 is 19.1 Å². The van der Waals surface area contributed by atoms with E-state index in [1.54, 1.807) is 19.4 Å². The largest absolute Gasteiger partial charge is 0.490 e. The van der Waals surface area contributed by atoms with Crippen LogP contribution in [0.15, 0.2) is 24.4 Å². The van der Waals surface area contributed by atoms with Crippen molar-refractivity contribution in [3.63, 3.8) is 0 Å². The van der Waals surface area contributed by atoms with Crippen molar-refractivity contribution in [3.05, 3.63) is 45.9 Å². The molecule has 1 aliphatic rings. The van der Waals surface area contributed by atoms with E-state index < -0.39 is 5.97 Å². The summed E-state index contributed by atoms with van der Waals surface area (Å²) in [5, 5.41) is 18.0. The Kier molecular flexibility index (Phi) is 6.10. The van der Waals surface area contributed by atoms with Crippen LogP contribution in [0.3, 0.4) is 0 Å². The van der Waals surface area contributed by atoms with Gasteiger partial charge in [-0.05, 0) is 42.5 Å². The van der Waals surface area contributed by atoms with E-state index in [9.17, 15) is 9.90 Å². The summed E-state index contributed by atoms with van der Waals surface area (Å²) in [5.41, 5.74) is 2.82. The maximum Gasteiger partial charge on any atom is 0.339 e. The van der Waals surface area contributed by atoms with Crippen molar-refractivity contribution in [1.82, 2.24) is 4.57 Å². The van der Waals surface area contributed by atoms with Crippen molar-refractivity contribution >= 4 is 17.6 Å². The van der Waals surface area contributed by atoms with Crippen LogP contribution in [0, 0.1) is 11.3 Å². The van der Waals surface area contributed by atoms with Gasteiger partial charge in [0, 0.05) is 24.9 Å². The summed E-state index contributed by atoms with van der Waals surface area (Å²) in [4.78, 5) is 11.5. The first-order valence-corrected chi connectivity index (χ1v) is 9.68. The first kappa shape index (κ1) is 20.4. The number of fused-ring (bicyclic) bond motifs is 3. The molecule has 2 aromatic rings. The zero-order valence-corrected chi connectivity index (χ0v) is 17.0. The van der Waals surface area contributed by atoms with Crippen LogP contribution in [0.2, 0.25) is 5.02 Å². The van der Waals surface area contributed by atoms with Gasteiger partial charge in [0.25, 0.3) is 0 Å². The third-order valence-corrected chi connectivity index (χ3v) is 5.21. The maximum absolute atomic E-state index is 11.5. The fraction of sp³-hybridized carbons (Fsp3) is 0.429. The Hall–Kier alpha value is -2.31. The van der Waals surface area contributed by atoms with Crippen molar-refractivity contribution < 1.29 is 19.4 Å². The second-order valence-electron chi connectivity index (χ2n) is 7.47. The lowest BCUT2D eigenvalue weighted by Gasteiger charge is -2.32. The van der Waals surface area contributed by atoms with Crippen molar-refractivity contribution in [2.45, 2.75) is 32.7 Å². The van der Waals surface area contributed by atoms with Gasteiger partial charge in [0.2, 0.25) is 0 Å². The fourth-order valence-electron chi connectivity index (χ4n) is 3.70. The van der Waals surface area contributed by atoms with E-state index in [1.807, 2.05) is 16.7 Å². The highest BCUT2D eigenvalue weighted by atomic mass is 35.5. The number of rotatable bonds is 7. The van der Waals surface area contributed by atoms with Gasteiger partial charge in [-0.25, -0.2) is 4.79 Å². The monoisotopic (exact) mass is 404 g/mol. The van der Waals surface area contributed by atoms with Gasteiger partial charge in [-0.2, -0.15) is 0 Å². The average Bonchev–Trinajstić information content (AvgIpc) is 2.62. The molecule has 0 saturated carbocycles. The second-order valence-corrected chi connectivity index (χ2v) is 7.87. The summed E-state index contributed by atoms with van der Waals surface area (Å²) in [7, 11) is 1.62. The normalized spacial score (nSPS) is 15.2. The molecule has 0 bridgehead atoms. The number of ether oxygens (including phenoxy) is 2. The molecule has 0 radical (unpaired) electrons. The minimum Gasteiger partial charge on any atom is -0.490 e. The lowest BCUT2D eigenvalue weighted by Crippen LogP contribution is -2.26. The number of nitrogens with one attached hydrogen (secondary N) is 1. The number of aromatic carboxylic acids is 1. The van der Waals surface area contributed by atoms with Crippen molar-refractivity contribution in [3.8, 4) is 17.0 Å². The third kappa shape index (κ3) is 4.08. The number of hydrogen-bond acceptors (Lipinski definition) is 4. The standard InChI is InChI=1S/C21H25ClN2O4/c1-12(2)6-14-7-13-8-20(28-5-4-27-3)17(22)9-15(13)19-10-18(23)16(21(25)26)11-24(14)19/h8-12,14,23H,4-7H2,1-3H3,(H,25,26). The SMILES string of the molecule is COCCOc1cc2c(cc1Cl)-c1cc(=N)c(C(=O)O)cn1C(CC(C)C)C2. The molecule has 150 valence electrons. The molecule has 1 aromatic heterocycles. The summed E-state index contributed by atoms with van der Waals surface area (Å²) in [6.07, 6.45) is 3.24. The Balaban J connectivity index is 2.12. The number of carboxylic acids is 1. The van der Waals surface area contributed by atoms with Gasteiger partial charge in [0.15, 0.2) is 0 Å². The molecular weight excluding hydrogens is 380 g/mol. The van der Waals surface area contributed by atoms with E-state index in [0.717, 1.165) is 29.7 Å². The second kappa shape index (κ2) is 8.37. The number of aromatic nitrogens is 1. The van der Waals surface area contributed by atoms with Gasteiger partial charge in [-0.1, -0.05) is 25.4 Å². The van der Waals surface area contributed by atoms with Crippen LogP contribution in [0.1, 0.15) is 42.2 Å². The van der Waals surface area contributed by atoms with Gasteiger partial charge in [-0.15, -0.1) is 0 Å². The summed E-state index contributed by atoms with van der Waals surface area (Å²) >= 11 is 6.43.